The SMILES string of the molecule is CCNC(=NCc1ccc(C(=O)NC(C)CC)cc1)NCc1ccnn1C.I. The number of carbonyl (C=O) groups is 1. The van der Waals surface area contributed by atoms with Gasteiger partial charge in [-0.1, -0.05) is 19.1 Å². The van der Waals surface area contributed by atoms with Crippen molar-refractivity contribution in [2.75, 3.05) is 6.54 Å². The van der Waals surface area contributed by atoms with Crippen LogP contribution in [0.5, 0.6) is 0 Å². The van der Waals surface area contributed by atoms with Gasteiger partial charge in [0.1, 0.15) is 0 Å². The van der Waals surface area contributed by atoms with Gasteiger partial charge >= 0.3 is 0 Å². The molecule has 2 aromatic rings. The second kappa shape index (κ2) is 12.4. The summed E-state index contributed by atoms with van der Waals surface area (Å²) < 4.78 is 1.83. The Kier molecular flexibility index (Phi) is 10.6. The lowest BCUT2D eigenvalue weighted by atomic mass is 10.1. The largest absolute Gasteiger partial charge is 0.357 e. The first kappa shape index (κ1) is 23.9. The Labute approximate surface area is 184 Å². The predicted molar refractivity (Wildman–Crippen MR) is 124 cm³/mol. The van der Waals surface area contributed by atoms with E-state index in [0.717, 1.165) is 30.2 Å². The van der Waals surface area contributed by atoms with E-state index in [1.54, 1.807) is 6.20 Å². The molecule has 0 aliphatic rings. The summed E-state index contributed by atoms with van der Waals surface area (Å²) >= 11 is 0. The van der Waals surface area contributed by atoms with Crippen molar-refractivity contribution in [3.8, 4) is 0 Å². The van der Waals surface area contributed by atoms with Crippen LogP contribution in [0.1, 0.15) is 48.8 Å². The molecule has 0 bridgehead atoms. The molecule has 1 heterocycles. The minimum absolute atomic E-state index is 0. The van der Waals surface area contributed by atoms with Crippen LogP contribution < -0.4 is 16.0 Å². The Bertz CT molecular complexity index is 756. The number of aliphatic imine (C=N–C) groups is 1. The van der Waals surface area contributed by atoms with E-state index in [0.29, 0.717) is 18.7 Å². The number of rotatable bonds is 8. The van der Waals surface area contributed by atoms with Crippen LogP contribution in [0.15, 0.2) is 41.5 Å². The Balaban J connectivity index is 0.00000392. The van der Waals surface area contributed by atoms with Crippen molar-refractivity contribution < 1.29 is 4.79 Å². The van der Waals surface area contributed by atoms with Gasteiger partial charge in [-0.2, -0.15) is 5.10 Å². The van der Waals surface area contributed by atoms with Gasteiger partial charge < -0.3 is 16.0 Å². The molecule has 1 atom stereocenters. The maximum Gasteiger partial charge on any atom is 0.251 e. The molecule has 2 rings (SSSR count). The number of aromatic nitrogens is 2. The number of amides is 1. The first-order chi connectivity index (χ1) is 13.0. The summed E-state index contributed by atoms with van der Waals surface area (Å²) in [5.74, 6) is 0.711. The van der Waals surface area contributed by atoms with Gasteiger partial charge in [0.2, 0.25) is 0 Å². The summed E-state index contributed by atoms with van der Waals surface area (Å²) in [4.78, 5) is 16.7. The minimum Gasteiger partial charge on any atom is -0.357 e. The Hall–Kier alpha value is -2.10. The van der Waals surface area contributed by atoms with E-state index in [1.165, 1.54) is 0 Å². The Morgan fingerprint density at radius 3 is 2.46 bits per heavy atom. The van der Waals surface area contributed by atoms with Crippen LogP contribution in [-0.4, -0.2) is 34.2 Å². The first-order valence-electron chi connectivity index (χ1n) is 9.42. The average Bonchev–Trinajstić information content (AvgIpc) is 3.09. The van der Waals surface area contributed by atoms with Gasteiger partial charge in [-0.05, 0) is 44.0 Å². The molecule has 28 heavy (non-hydrogen) atoms. The van der Waals surface area contributed by atoms with E-state index in [-0.39, 0.29) is 35.9 Å². The number of halogens is 1. The first-order valence-corrected chi connectivity index (χ1v) is 9.42. The van der Waals surface area contributed by atoms with E-state index in [9.17, 15) is 4.79 Å². The topological polar surface area (TPSA) is 83.3 Å². The Morgan fingerprint density at radius 1 is 1.18 bits per heavy atom. The van der Waals surface area contributed by atoms with Crippen molar-refractivity contribution in [3.63, 3.8) is 0 Å². The van der Waals surface area contributed by atoms with E-state index in [4.69, 9.17) is 0 Å². The van der Waals surface area contributed by atoms with Gasteiger partial charge in [0.05, 0.1) is 18.8 Å². The number of nitrogens with zero attached hydrogens (tertiary/aromatic N) is 3. The highest BCUT2D eigenvalue weighted by molar-refractivity contribution is 14.0. The fraction of sp³-hybridized carbons (Fsp3) is 0.450. The molecule has 0 aliphatic carbocycles. The standard InChI is InChI=1S/C20H30N6O.HI/c1-5-15(3)25-19(27)17-9-7-16(8-10-17)13-22-20(21-6-2)23-14-18-11-12-24-26(18)4;/h7-12,15H,5-6,13-14H2,1-4H3,(H,25,27)(H2,21,22,23);1H. The molecule has 0 radical (unpaired) electrons. The van der Waals surface area contributed by atoms with Crippen LogP contribution in [0.4, 0.5) is 0 Å². The maximum absolute atomic E-state index is 12.1. The summed E-state index contributed by atoms with van der Waals surface area (Å²) in [5.41, 5.74) is 2.80. The highest BCUT2D eigenvalue weighted by atomic mass is 127. The van der Waals surface area contributed by atoms with Gasteiger partial charge in [0.25, 0.3) is 5.91 Å². The molecule has 0 spiro atoms. The lowest BCUT2D eigenvalue weighted by molar-refractivity contribution is 0.0939. The number of nitrogens with one attached hydrogen (secondary N) is 3. The van der Waals surface area contributed by atoms with Crippen LogP contribution in [0.25, 0.3) is 0 Å². The van der Waals surface area contributed by atoms with Crippen molar-refractivity contribution in [2.45, 2.75) is 46.3 Å². The van der Waals surface area contributed by atoms with Crippen LogP contribution in [0, 0.1) is 0 Å². The summed E-state index contributed by atoms with van der Waals surface area (Å²) in [6, 6.07) is 9.73. The minimum atomic E-state index is -0.0365. The molecule has 1 unspecified atom stereocenters. The normalized spacial score (nSPS) is 12.1. The van der Waals surface area contributed by atoms with E-state index in [1.807, 2.05) is 55.9 Å². The van der Waals surface area contributed by atoms with Crippen molar-refractivity contribution in [3.05, 3.63) is 53.3 Å². The van der Waals surface area contributed by atoms with E-state index < -0.39 is 0 Å². The molecule has 3 N–H and O–H groups in total. The number of hydrogen-bond acceptors (Lipinski definition) is 3. The summed E-state index contributed by atoms with van der Waals surface area (Å²) in [5, 5.41) is 13.7. The molecular weight excluding hydrogens is 467 g/mol. The van der Waals surface area contributed by atoms with Crippen LogP contribution in [-0.2, 0) is 20.1 Å². The lowest BCUT2D eigenvalue weighted by Crippen LogP contribution is -2.37. The third-order valence-electron chi connectivity index (χ3n) is 4.33. The molecule has 7 nitrogen and oxygen atoms in total. The molecule has 0 saturated carbocycles. The van der Waals surface area contributed by atoms with Crippen molar-refractivity contribution in [1.82, 2.24) is 25.7 Å². The fourth-order valence-corrected chi connectivity index (χ4v) is 2.43. The average molecular weight is 498 g/mol. The third kappa shape index (κ3) is 7.49. The number of carbonyl (C=O) groups excluding carboxylic acids is 1. The quantitative estimate of drug-likeness (QED) is 0.297. The molecule has 1 amide bonds. The summed E-state index contributed by atoms with van der Waals surface area (Å²) in [7, 11) is 1.92. The van der Waals surface area contributed by atoms with E-state index >= 15 is 0 Å². The molecule has 0 fully saturated rings. The van der Waals surface area contributed by atoms with Gasteiger partial charge in [-0.15, -0.1) is 24.0 Å². The van der Waals surface area contributed by atoms with Crippen LogP contribution in [0.3, 0.4) is 0 Å². The summed E-state index contributed by atoms with van der Waals surface area (Å²) in [6.45, 7) is 8.06. The zero-order valence-corrected chi connectivity index (χ0v) is 19.4. The number of benzene rings is 1. The molecular formula is C20H31IN6O. The highest BCUT2D eigenvalue weighted by Crippen LogP contribution is 2.07. The molecule has 154 valence electrons. The van der Waals surface area contributed by atoms with Crippen LogP contribution in [0.2, 0.25) is 0 Å². The zero-order chi connectivity index (χ0) is 19.6. The van der Waals surface area contributed by atoms with Crippen LogP contribution >= 0.6 is 24.0 Å². The van der Waals surface area contributed by atoms with Crippen molar-refractivity contribution in [2.24, 2.45) is 12.0 Å². The van der Waals surface area contributed by atoms with Crippen molar-refractivity contribution >= 4 is 35.8 Å². The molecule has 1 aromatic heterocycles. The monoisotopic (exact) mass is 498 g/mol. The van der Waals surface area contributed by atoms with Gasteiger partial charge in [-0.3, -0.25) is 9.48 Å². The third-order valence-corrected chi connectivity index (χ3v) is 4.33. The number of guanidine groups is 1. The van der Waals surface area contributed by atoms with Gasteiger partial charge in [-0.25, -0.2) is 4.99 Å². The van der Waals surface area contributed by atoms with E-state index in [2.05, 4.69) is 33.0 Å². The second-order valence-electron chi connectivity index (χ2n) is 6.47. The highest BCUT2D eigenvalue weighted by Gasteiger charge is 2.08. The van der Waals surface area contributed by atoms with Crippen molar-refractivity contribution in [1.29, 1.82) is 0 Å². The van der Waals surface area contributed by atoms with Gasteiger partial charge in [0.15, 0.2) is 5.96 Å². The van der Waals surface area contributed by atoms with Gasteiger partial charge in [0, 0.05) is 31.4 Å². The number of hydrogen-bond donors (Lipinski definition) is 3. The Morgan fingerprint density at radius 2 is 1.89 bits per heavy atom. The number of aryl methyl sites for hydroxylation is 1. The lowest BCUT2D eigenvalue weighted by Gasteiger charge is -2.12. The molecule has 0 saturated heterocycles. The molecule has 0 aliphatic heterocycles. The predicted octanol–water partition coefficient (Wildman–Crippen LogP) is 2.82. The zero-order valence-electron chi connectivity index (χ0n) is 17.0. The maximum atomic E-state index is 12.1. The smallest absolute Gasteiger partial charge is 0.251 e. The summed E-state index contributed by atoms with van der Waals surface area (Å²) in [6.07, 6.45) is 2.69. The molecule has 8 heteroatoms. The second-order valence-corrected chi connectivity index (χ2v) is 6.47. The fourth-order valence-electron chi connectivity index (χ4n) is 2.43. The molecule has 1 aromatic carbocycles.